The molecular weight excluding hydrogens is 166 g/mol. The van der Waals surface area contributed by atoms with E-state index in [0.717, 1.165) is 6.04 Å². The fourth-order valence-electron chi connectivity index (χ4n) is 1.24. The van der Waals surface area contributed by atoms with E-state index in [2.05, 4.69) is 37.8 Å². The average molecular weight is 187 g/mol. The monoisotopic (exact) mass is 187 g/mol. The molecule has 1 unspecified atom stereocenters. The molecule has 1 atom stereocenters. The summed E-state index contributed by atoms with van der Waals surface area (Å²) in [5, 5.41) is 3.65. The van der Waals surface area contributed by atoms with Crippen LogP contribution in [0, 0.1) is 5.41 Å². The van der Waals surface area contributed by atoms with Gasteiger partial charge in [0.1, 0.15) is 0 Å². The molecule has 0 radical (unpaired) electrons. The summed E-state index contributed by atoms with van der Waals surface area (Å²) in [5.41, 5.74) is 0.479. The van der Waals surface area contributed by atoms with E-state index in [-0.39, 0.29) is 0 Å². The van der Waals surface area contributed by atoms with Crippen molar-refractivity contribution in [1.82, 2.24) is 5.32 Å². The highest BCUT2D eigenvalue weighted by molar-refractivity contribution is 7.99. The molecule has 1 N–H and O–H groups in total. The van der Waals surface area contributed by atoms with Gasteiger partial charge in [-0.25, -0.2) is 0 Å². The largest absolute Gasteiger partial charge is 0.313 e. The first-order valence-electron chi connectivity index (χ1n) is 4.95. The van der Waals surface area contributed by atoms with Crippen LogP contribution in [0.15, 0.2) is 0 Å². The molecule has 12 heavy (non-hydrogen) atoms. The minimum atomic E-state index is 0.479. The summed E-state index contributed by atoms with van der Waals surface area (Å²) in [6, 6.07) is 0.792. The molecule has 1 aliphatic rings. The van der Waals surface area contributed by atoms with Gasteiger partial charge in [-0.3, -0.25) is 0 Å². The lowest BCUT2D eigenvalue weighted by Gasteiger charge is -2.25. The molecule has 0 aromatic heterocycles. The molecule has 1 heterocycles. The van der Waals surface area contributed by atoms with Gasteiger partial charge in [-0.2, -0.15) is 11.8 Å². The summed E-state index contributed by atoms with van der Waals surface area (Å²) in [7, 11) is 0. The fourth-order valence-corrected chi connectivity index (χ4v) is 2.43. The maximum absolute atomic E-state index is 3.65. The van der Waals surface area contributed by atoms with Gasteiger partial charge in [-0.1, -0.05) is 20.8 Å². The van der Waals surface area contributed by atoms with E-state index in [0.29, 0.717) is 5.41 Å². The lowest BCUT2D eigenvalue weighted by molar-refractivity contribution is 0.313. The van der Waals surface area contributed by atoms with Crippen LogP contribution in [0.1, 0.15) is 33.6 Å². The van der Waals surface area contributed by atoms with Gasteiger partial charge in [0.05, 0.1) is 0 Å². The average Bonchev–Trinajstić information content (AvgIpc) is 2.53. The van der Waals surface area contributed by atoms with Crippen LogP contribution in [0.4, 0.5) is 0 Å². The Balaban J connectivity index is 2.15. The van der Waals surface area contributed by atoms with Crippen LogP contribution < -0.4 is 5.32 Å². The molecule has 0 saturated carbocycles. The Morgan fingerprint density at radius 2 is 2.25 bits per heavy atom. The van der Waals surface area contributed by atoms with E-state index in [4.69, 9.17) is 0 Å². The summed E-state index contributed by atoms with van der Waals surface area (Å²) in [6.45, 7) is 8.12. The normalized spacial score (nSPS) is 24.8. The SMILES string of the molecule is CCC(C)(C)CNC1CCSC1. The van der Waals surface area contributed by atoms with Gasteiger partial charge in [0.2, 0.25) is 0 Å². The van der Waals surface area contributed by atoms with Crippen molar-refractivity contribution < 1.29 is 0 Å². The van der Waals surface area contributed by atoms with Gasteiger partial charge in [0, 0.05) is 18.3 Å². The lowest BCUT2D eigenvalue weighted by atomic mass is 9.90. The van der Waals surface area contributed by atoms with Crippen molar-refractivity contribution in [3.63, 3.8) is 0 Å². The van der Waals surface area contributed by atoms with E-state index in [1.54, 1.807) is 0 Å². The zero-order valence-electron chi connectivity index (χ0n) is 8.52. The minimum absolute atomic E-state index is 0.479. The smallest absolute Gasteiger partial charge is 0.0166 e. The van der Waals surface area contributed by atoms with Gasteiger partial charge >= 0.3 is 0 Å². The molecule has 0 aliphatic carbocycles. The summed E-state index contributed by atoms with van der Waals surface area (Å²) >= 11 is 2.08. The zero-order chi connectivity index (χ0) is 9.03. The highest BCUT2D eigenvalue weighted by Crippen LogP contribution is 2.21. The quantitative estimate of drug-likeness (QED) is 0.726. The second-order valence-corrected chi connectivity index (χ2v) is 5.61. The zero-order valence-corrected chi connectivity index (χ0v) is 9.34. The molecule has 0 aromatic rings. The molecule has 2 heteroatoms. The predicted molar refractivity (Wildman–Crippen MR) is 57.8 cm³/mol. The molecule has 0 bridgehead atoms. The number of nitrogens with one attached hydrogen (secondary N) is 1. The van der Waals surface area contributed by atoms with Crippen molar-refractivity contribution in [3.05, 3.63) is 0 Å². The number of hydrogen-bond donors (Lipinski definition) is 1. The van der Waals surface area contributed by atoms with E-state index < -0.39 is 0 Å². The Labute approximate surface area is 80.7 Å². The Hall–Kier alpha value is 0.310. The van der Waals surface area contributed by atoms with Gasteiger partial charge in [0.15, 0.2) is 0 Å². The molecule has 1 saturated heterocycles. The molecule has 0 spiro atoms. The molecule has 1 aliphatic heterocycles. The Morgan fingerprint density at radius 1 is 1.50 bits per heavy atom. The van der Waals surface area contributed by atoms with Gasteiger partial charge in [-0.15, -0.1) is 0 Å². The Bertz CT molecular complexity index is 128. The maximum atomic E-state index is 3.65. The van der Waals surface area contributed by atoms with E-state index in [1.165, 1.54) is 30.9 Å². The van der Waals surface area contributed by atoms with Crippen molar-refractivity contribution in [1.29, 1.82) is 0 Å². The van der Waals surface area contributed by atoms with Crippen molar-refractivity contribution in [2.45, 2.75) is 39.7 Å². The second-order valence-electron chi connectivity index (χ2n) is 4.46. The Kier molecular flexibility index (Phi) is 3.91. The Morgan fingerprint density at radius 3 is 2.75 bits per heavy atom. The third-order valence-electron chi connectivity index (χ3n) is 2.76. The summed E-state index contributed by atoms with van der Waals surface area (Å²) in [4.78, 5) is 0. The standard InChI is InChI=1S/C10H21NS/c1-4-10(2,3)8-11-9-5-6-12-7-9/h9,11H,4-8H2,1-3H3. The number of hydrogen-bond acceptors (Lipinski definition) is 2. The van der Waals surface area contributed by atoms with Crippen molar-refractivity contribution >= 4 is 11.8 Å². The summed E-state index contributed by atoms with van der Waals surface area (Å²) in [6.07, 6.45) is 2.63. The van der Waals surface area contributed by atoms with Gasteiger partial charge < -0.3 is 5.32 Å². The van der Waals surface area contributed by atoms with Gasteiger partial charge in [0.25, 0.3) is 0 Å². The van der Waals surface area contributed by atoms with Crippen LogP contribution in [0.25, 0.3) is 0 Å². The molecule has 1 nitrogen and oxygen atoms in total. The highest BCUT2D eigenvalue weighted by Gasteiger charge is 2.19. The summed E-state index contributed by atoms with van der Waals surface area (Å²) < 4.78 is 0. The van der Waals surface area contributed by atoms with E-state index >= 15 is 0 Å². The summed E-state index contributed by atoms with van der Waals surface area (Å²) in [5.74, 6) is 2.67. The molecule has 1 rings (SSSR count). The topological polar surface area (TPSA) is 12.0 Å². The number of rotatable bonds is 4. The van der Waals surface area contributed by atoms with Crippen molar-refractivity contribution in [2.75, 3.05) is 18.1 Å². The lowest BCUT2D eigenvalue weighted by Crippen LogP contribution is -2.36. The number of thioether (sulfide) groups is 1. The first kappa shape index (κ1) is 10.4. The predicted octanol–water partition coefficient (Wildman–Crippen LogP) is 2.52. The van der Waals surface area contributed by atoms with Crippen molar-refractivity contribution in [3.8, 4) is 0 Å². The van der Waals surface area contributed by atoms with E-state index in [1.807, 2.05) is 0 Å². The van der Waals surface area contributed by atoms with Crippen LogP contribution in [0.3, 0.4) is 0 Å². The van der Waals surface area contributed by atoms with Crippen LogP contribution >= 0.6 is 11.8 Å². The fraction of sp³-hybridized carbons (Fsp3) is 1.00. The van der Waals surface area contributed by atoms with Crippen LogP contribution in [0.5, 0.6) is 0 Å². The molecule has 0 amide bonds. The molecule has 0 aromatic carbocycles. The van der Waals surface area contributed by atoms with Gasteiger partial charge in [-0.05, 0) is 24.0 Å². The van der Waals surface area contributed by atoms with E-state index in [9.17, 15) is 0 Å². The molecule has 72 valence electrons. The minimum Gasteiger partial charge on any atom is -0.313 e. The third kappa shape index (κ3) is 3.36. The third-order valence-corrected chi connectivity index (χ3v) is 3.92. The van der Waals surface area contributed by atoms with Crippen LogP contribution in [-0.2, 0) is 0 Å². The second kappa shape index (κ2) is 4.52. The molecule has 1 fully saturated rings. The first-order valence-corrected chi connectivity index (χ1v) is 6.10. The van der Waals surface area contributed by atoms with Crippen LogP contribution in [0.2, 0.25) is 0 Å². The van der Waals surface area contributed by atoms with Crippen LogP contribution in [-0.4, -0.2) is 24.1 Å². The molecular formula is C10H21NS. The highest BCUT2D eigenvalue weighted by atomic mass is 32.2. The maximum Gasteiger partial charge on any atom is 0.0166 e. The first-order chi connectivity index (χ1) is 5.64. The van der Waals surface area contributed by atoms with Crippen molar-refractivity contribution in [2.24, 2.45) is 5.41 Å².